The summed E-state index contributed by atoms with van der Waals surface area (Å²) >= 11 is 0. The molecule has 0 bridgehead atoms. The van der Waals surface area contributed by atoms with Crippen LogP contribution in [0.5, 0.6) is 0 Å². The molecule has 1 heterocycles. The van der Waals surface area contributed by atoms with Crippen LogP contribution in [0.1, 0.15) is 67.9 Å². The van der Waals surface area contributed by atoms with E-state index in [0.29, 0.717) is 6.54 Å². The summed E-state index contributed by atoms with van der Waals surface area (Å²) < 4.78 is 0. The molecule has 0 saturated heterocycles. The molecule has 1 N–H and O–H groups in total. The lowest BCUT2D eigenvalue weighted by Gasteiger charge is -1.89. The first kappa shape index (κ1) is 36.1. The molecule has 0 unspecified atom stereocenters. The molecule has 0 fully saturated rings. The predicted molar refractivity (Wildman–Crippen MR) is 84.7 cm³/mol. The van der Waals surface area contributed by atoms with Gasteiger partial charge in [-0.15, -0.1) is 0 Å². The van der Waals surface area contributed by atoms with E-state index in [1.54, 1.807) is 0 Å². The number of fused-ring (bicyclic) bond motifs is 1. The van der Waals surface area contributed by atoms with Crippen molar-refractivity contribution in [2.45, 2.75) is 58.5 Å². The predicted octanol–water partition coefficient (Wildman–Crippen LogP) is 5.38. The molecule has 17 heavy (non-hydrogen) atoms. The Balaban J connectivity index is -0.0000000432. The Morgan fingerprint density at radius 1 is 0.824 bits per heavy atom. The second-order valence-electron chi connectivity index (χ2n) is 2.34. The molecule has 2 rings (SSSR count). The molecule has 2 nitrogen and oxygen atoms in total. The minimum absolute atomic E-state index is 0. The van der Waals surface area contributed by atoms with Gasteiger partial charge in [0.15, 0.2) is 0 Å². The maximum Gasteiger partial charge on any atom is 0.251 e. The van der Waals surface area contributed by atoms with Crippen LogP contribution in [0.15, 0.2) is 24.3 Å². The standard InChI is InChI=1S/C8H7NO.7CH4/c10-8-7-4-2-1-3-6(7)5-9-8;;;;;;;/h1-4H,5H2,(H,9,10);7*1H4. The molecule has 1 aliphatic rings. The van der Waals surface area contributed by atoms with Gasteiger partial charge in [0.1, 0.15) is 0 Å². The fourth-order valence-electron chi connectivity index (χ4n) is 1.17. The minimum atomic E-state index is 0. The topological polar surface area (TPSA) is 29.1 Å². The molecule has 1 aromatic carbocycles. The van der Waals surface area contributed by atoms with E-state index >= 15 is 0 Å². The van der Waals surface area contributed by atoms with E-state index in [0.717, 1.165) is 11.1 Å². The summed E-state index contributed by atoms with van der Waals surface area (Å²) in [5.41, 5.74) is 1.93. The lowest BCUT2D eigenvalue weighted by Crippen LogP contribution is -2.12. The van der Waals surface area contributed by atoms with Crippen LogP contribution in [0, 0.1) is 0 Å². The fourth-order valence-corrected chi connectivity index (χ4v) is 1.17. The maximum atomic E-state index is 11.0. The van der Waals surface area contributed by atoms with Crippen LogP contribution < -0.4 is 5.32 Å². The quantitative estimate of drug-likeness (QED) is 0.653. The number of carbonyl (C=O) groups excluding carboxylic acids is 1. The molecule has 1 aliphatic heterocycles. The van der Waals surface area contributed by atoms with Crippen molar-refractivity contribution in [3.63, 3.8) is 0 Å². The highest BCUT2D eigenvalue weighted by atomic mass is 16.1. The zero-order valence-electron chi connectivity index (χ0n) is 5.42. The van der Waals surface area contributed by atoms with Crippen LogP contribution in [-0.2, 0) is 6.54 Å². The lowest BCUT2D eigenvalue weighted by molar-refractivity contribution is 0.0966. The van der Waals surface area contributed by atoms with Crippen molar-refractivity contribution >= 4 is 5.91 Å². The van der Waals surface area contributed by atoms with E-state index in [-0.39, 0.29) is 57.9 Å². The Labute approximate surface area is 110 Å². The third-order valence-electron chi connectivity index (χ3n) is 1.70. The number of amides is 1. The number of hydrogen-bond acceptors (Lipinski definition) is 1. The van der Waals surface area contributed by atoms with E-state index in [1.165, 1.54) is 0 Å². The van der Waals surface area contributed by atoms with Gasteiger partial charge >= 0.3 is 0 Å². The SMILES string of the molecule is C.C.C.C.C.C.C.O=C1NCc2ccccc21. The molecule has 1 aromatic rings. The lowest BCUT2D eigenvalue weighted by atomic mass is 10.1. The number of hydrogen-bond donors (Lipinski definition) is 1. The maximum absolute atomic E-state index is 11.0. The summed E-state index contributed by atoms with van der Waals surface area (Å²) in [7, 11) is 0. The van der Waals surface area contributed by atoms with Gasteiger partial charge in [0, 0.05) is 12.1 Å². The van der Waals surface area contributed by atoms with Crippen molar-refractivity contribution in [2.75, 3.05) is 0 Å². The van der Waals surface area contributed by atoms with Gasteiger partial charge in [-0.1, -0.05) is 70.2 Å². The van der Waals surface area contributed by atoms with Gasteiger partial charge in [0.2, 0.25) is 0 Å². The van der Waals surface area contributed by atoms with Crippen LogP contribution in [0.25, 0.3) is 0 Å². The first-order valence-corrected chi connectivity index (χ1v) is 3.24. The third-order valence-corrected chi connectivity index (χ3v) is 1.70. The molecular weight excluding hydrogens is 210 g/mol. The number of nitrogens with one attached hydrogen (secondary N) is 1. The van der Waals surface area contributed by atoms with Gasteiger partial charge in [0.25, 0.3) is 5.91 Å². The number of rotatable bonds is 0. The summed E-state index contributed by atoms with van der Waals surface area (Å²) in [5, 5.41) is 2.75. The molecule has 0 atom stereocenters. The zero-order valence-corrected chi connectivity index (χ0v) is 5.42. The van der Waals surface area contributed by atoms with E-state index in [4.69, 9.17) is 0 Å². The average Bonchev–Trinajstić information content (AvgIpc) is 2.34. The van der Waals surface area contributed by atoms with E-state index < -0.39 is 0 Å². The normalized spacial score (nSPS) is 8.59. The van der Waals surface area contributed by atoms with Crippen LogP contribution in [0.4, 0.5) is 0 Å². The Bertz CT molecular complexity index is 282. The van der Waals surface area contributed by atoms with Crippen molar-refractivity contribution in [2.24, 2.45) is 0 Å². The second kappa shape index (κ2) is 14.7. The largest absolute Gasteiger partial charge is 0.348 e. The summed E-state index contributed by atoms with van der Waals surface area (Å²) in [6.45, 7) is 0.689. The molecule has 0 spiro atoms. The van der Waals surface area contributed by atoms with Crippen molar-refractivity contribution in [1.29, 1.82) is 0 Å². The number of benzene rings is 1. The minimum Gasteiger partial charge on any atom is -0.348 e. The third kappa shape index (κ3) is 6.77. The first-order valence-electron chi connectivity index (χ1n) is 3.24. The molecule has 0 saturated carbocycles. The highest BCUT2D eigenvalue weighted by Gasteiger charge is 2.16. The van der Waals surface area contributed by atoms with Crippen LogP contribution in [0.2, 0.25) is 0 Å². The average molecular weight is 245 g/mol. The Morgan fingerprint density at radius 2 is 1.29 bits per heavy atom. The Hall–Kier alpha value is -1.31. The van der Waals surface area contributed by atoms with Gasteiger partial charge in [-0.3, -0.25) is 4.79 Å². The van der Waals surface area contributed by atoms with Crippen LogP contribution in [0.3, 0.4) is 0 Å². The highest BCUT2D eigenvalue weighted by molar-refractivity contribution is 5.98. The van der Waals surface area contributed by atoms with Gasteiger partial charge in [-0.25, -0.2) is 0 Å². The fraction of sp³-hybridized carbons (Fsp3) is 0.533. The molecule has 0 aliphatic carbocycles. The van der Waals surface area contributed by atoms with Crippen molar-refractivity contribution in [3.05, 3.63) is 35.4 Å². The first-order chi connectivity index (χ1) is 4.88. The van der Waals surface area contributed by atoms with E-state index in [2.05, 4.69) is 5.32 Å². The number of carbonyl (C=O) groups is 1. The van der Waals surface area contributed by atoms with Crippen molar-refractivity contribution in [1.82, 2.24) is 5.32 Å². The highest BCUT2D eigenvalue weighted by Crippen LogP contribution is 2.13. The molecular formula is C15H35NO. The van der Waals surface area contributed by atoms with Gasteiger partial charge in [-0.2, -0.15) is 0 Å². The summed E-state index contributed by atoms with van der Waals surface area (Å²) in [6.07, 6.45) is 0. The van der Waals surface area contributed by atoms with Gasteiger partial charge in [-0.05, 0) is 11.6 Å². The molecule has 2 heteroatoms. The van der Waals surface area contributed by atoms with Crippen molar-refractivity contribution < 1.29 is 4.79 Å². The smallest absolute Gasteiger partial charge is 0.251 e. The second-order valence-corrected chi connectivity index (χ2v) is 2.34. The zero-order chi connectivity index (χ0) is 6.97. The van der Waals surface area contributed by atoms with E-state index in [1.807, 2.05) is 24.3 Å². The van der Waals surface area contributed by atoms with E-state index in [9.17, 15) is 4.79 Å². The van der Waals surface area contributed by atoms with Crippen LogP contribution in [-0.4, -0.2) is 5.91 Å². The summed E-state index contributed by atoms with van der Waals surface area (Å²) in [4.78, 5) is 11.0. The van der Waals surface area contributed by atoms with Crippen LogP contribution >= 0.6 is 0 Å². The summed E-state index contributed by atoms with van der Waals surface area (Å²) in [6, 6.07) is 7.63. The summed E-state index contributed by atoms with van der Waals surface area (Å²) in [5.74, 6) is 0.0515. The molecule has 0 radical (unpaired) electrons. The Morgan fingerprint density at radius 3 is 1.76 bits per heavy atom. The van der Waals surface area contributed by atoms with Crippen molar-refractivity contribution in [3.8, 4) is 0 Å². The molecule has 0 aromatic heterocycles. The molecule has 1 amide bonds. The van der Waals surface area contributed by atoms with Gasteiger partial charge in [0.05, 0.1) is 0 Å². The molecule has 106 valence electrons. The Kier molecular flexibility index (Phi) is 31.2. The monoisotopic (exact) mass is 245 g/mol. The van der Waals surface area contributed by atoms with Gasteiger partial charge < -0.3 is 5.32 Å².